The maximum atomic E-state index is 13.3. The number of rotatable bonds is 5. The van der Waals surface area contributed by atoms with Crippen LogP contribution < -0.4 is 14.4 Å². The fourth-order valence-corrected chi connectivity index (χ4v) is 3.56. The summed E-state index contributed by atoms with van der Waals surface area (Å²) in [6, 6.07) is 27.0. The van der Waals surface area contributed by atoms with Gasteiger partial charge in [0.05, 0.1) is 5.30 Å². The minimum Gasteiger partial charge on any atom is -0.413 e. The van der Waals surface area contributed by atoms with E-state index in [1.165, 1.54) is 0 Å². The average Bonchev–Trinajstić information content (AvgIpc) is 2.57. The molecule has 3 rings (SSSR count). The standard InChI is InChI=1S/C18H15O3P.Si/c19-22(18-14-8-3-9-15-18,20-16-10-4-1-5-11-16)21-17-12-6-2-7-13-17;/h1-15H;. The highest BCUT2D eigenvalue weighted by Crippen LogP contribution is 2.47. The van der Waals surface area contributed by atoms with E-state index >= 15 is 0 Å². The van der Waals surface area contributed by atoms with E-state index in [2.05, 4.69) is 0 Å². The van der Waals surface area contributed by atoms with E-state index in [0.29, 0.717) is 16.8 Å². The topological polar surface area (TPSA) is 35.5 Å². The van der Waals surface area contributed by atoms with Crippen LogP contribution in [0.25, 0.3) is 0 Å². The van der Waals surface area contributed by atoms with Crippen molar-refractivity contribution in [3.05, 3.63) is 91.0 Å². The van der Waals surface area contributed by atoms with Crippen LogP contribution >= 0.6 is 7.60 Å². The highest BCUT2D eigenvalue weighted by atomic mass is 31.2. The quantitative estimate of drug-likeness (QED) is 0.514. The molecule has 0 bridgehead atoms. The average molecular weight is 338 g/mol. The van der Waals surface area contributed by atoms with Gasteiger partial charge in [-0.1, -0.05) is 54.6 Å². The second kappa shape index (κ2) is 7.81. The smallest absolute Gasteiger partial charge is 0.413 e. The van der Waals surface area contributed by atoms with Gasteiger partial charge in [0.15, 0.2) is 0 Å². The Bertz CT molecular complexity index is 719. The molecule has 0 atom stereocenters. The molecule has 3 aromatic carbocycles. The zero-order valence-electron chi connectivity index (χ0n) is 12.3. The van der Waals surface area contributed by atoms with Crippen molar-refractivity contribution >= 4 is 23.9 Å². The van der Waals surface area contributed by atoms with E-state index in [4.69, 9.17) is 9.05 Å². The Morgan fingerprint density at radius 3 is 1.30 bits per heavy atom. The van der Waals surface area contributed by atoms with E-state index in [-0.39, 0.29) is 11.0 Å². The monoisotopic (exact) mass is 338 g/mol. The summed E-state index contributed by atoms with van der Waals surface area (Å²) < 4.78 is 24.8. The van der Waals surface area contributed by atoms with E-state index in [1.807, 2.05) is 54.6 Å². The fourth-order valence-electron chi connectivity index (χ4n) is 1.97. The van der Waals surface area contributed by atoms with Crippen LogP contribution in [0.1, 0.15) is 0 Å². The van der Waals surface area contributed by atoms with E-state index in [9.17, 15) is 4.57 Å². The third kappa shape index (κ3) is 4.35. The van der Waals surface area contributed by atoms with Crippen LogP contribution in [0.15, 0.2) is 91.0 Å². The Balaban J connectivity index is 0.00000192. The lowest BCUT2D eigenvalue weighted by Crippen LogP contribution is -2.14. The van der Waals surface area contributed by atoms with Crippen LogP contribution in [0.4, 0.5) is 0 Å². The third-order valence-electron chi connectivity index (χ3n) is 3.01. The summed E-state index contributed by atoms with van der Waals surface area (Å²) in [6.45, 7) is 0. The predicted molar refractivity (Wildman–Crippen MR) is 93.6 cm³/mol. The maximum Gasteiger partial charge on any atom is 0.462 e. The summed E-state index contributed by atoms with van der Waals surface area (Å²) in [5.74, 6) is 1.01. The van der Waals surface area contributed by atoms with E-state index in [1.54, 1.807) is 36.4 Å². The van der Waals surface area contributed by atoms with Gasteiger partial charge in [-0.05, 0) is 36.4 Å². The molecule has 0 fully saturated rings. The molecule has 0 saturated carbocycles. The van der Waals surface area contributed by atoms with Crippen molar-refractivity contribution in [1.29, 1.82) is 0 Å². The number of para-hydroxylation sites is 2. The number of hydrogen-bond donors (Lipinski definition) is 0. The Morgan fingerprint density at radius 2 is 0.913 bits per heavy atom. The first-order chi connectivity index (χ1) is 10.8. The zero-order chi connectivity index (χ0) is 15.3. The normalized spacial score (nSPS) is 10.4. The fraction of sp³-hybridized carbons (Fsp3) is 0. The largest absolute Gasteiger partial charge is 0.462 e. The van der Waals surface area contributed by atoms with Gasteiger partial charge in [0.1, 0.15) is 11.5 Å². The highest BCUT2D eigenvalue weighted by Gasteiger charge is 2.31. The SMILES string of the molecule is O=P(Oc1ccccc1)(Oc1ccccc1)c1ccccc1.[Si]. The van der Waals surface area contributed by atoms with Gasteiger partial charge in [-0.25, -0.2) is 4.57 Å². The summed E-state index contributed by atoms with van der Waals surface area (Å²) in [5.41, 5.74) is 0. The molecular formula is C18H15O3PSi. The second-order valence-corrected chi connectivity index (χ2v) is 6.52. The molecule has 0 saturated heterocycles. The van der Waals surface area contributed by atoms with Crippen molar-refractivity contribution in [2.75, 3.05) is 0 Å². The molecule has 0 N–H and O–H groups in total. The molecule has 0 heterocycles. The van der Waals surface area contributed by atoms with Gasteiger partial charge in [-0.15, -0.1) is 0 Å². The third-order valence-corrected chi connectivity index (χ3v) is 4.84. The van der Waals surface area contributed by atoms with E-state index < -0.39 is 7.60 Å². The van der Waals surface area contributed by atoms with Gasteiger partial charge in [0.25, 0.3) is 0 Å². The Morgan fingerprint density at radius 1 is 0.565 bits per heavy atom. The van der Waals surface area contributed by atoms with Gasteiger partial charge < -0.3 is 9.05 Å². The first-order valence-electron chi connectivity index (χ1n) is 6.91. The van der Waals surface area contributed by atoms with E-state index in [0.717, 1.165) is 0 Å². The van der Waals surface area contributed by atoms with Crippen LogP contribution in [-0.4, -0.2) is 11.0 Å². The molecule has 114 valence electrons. The van der Waals surface area contributed by atoms with Crippen molar-refractivity contribution in [2.45, 2.75) is 0 Å². The zero-order valence-corrected chi connectivity index (χ0v) is 14.2. The number of hydrogen-bond acceptors (Lipinski definition) is 3. The van der Waals surface area contributed by atoms with Gasteiger partial charge in [0, 0.05) is 11.0 Å². The lowest BCUT2D eigenvalue weighted by atomic mass is 10.3. The Hall–Kier alpha value is -2.29. The molecule has 4 radical (unpaired) electrons. The van der Waals surface area contributed by atoms with Gasteiger partial charge >= 0.3 is 7.60 Å². The number of benzene rings is 3. The van der Waals surface area contributed by atoms with Crippen LogP contribution in [0.2, 0.25) is 0 Å². The molecule has 0 aliphatic heterocycles. The van der Waals surface area contributed by atoms with Crippen LogP contribution in [0, 0.1) is 0 Å². The van der Waals surface area contributed by atoms with Crippen LogP contribution in [-0.2, 0) is 4.57 Å². The van der Waals surface area contributed by atoms with Crippen LogP contribution in [0.5, 0.6) is 11.5 Å². The molecule has 0 aromatic heterocycles. The summed E-state index contributed by atoms with van der Waals surface area (Å²) in [7, 11) is -3.52. The van der Waals surface area contributed by atoms with Crippen LogP contribution in [0.3, 0.4) is 0 Å². The molecular weight excluding hydrogens is 323 g/mol. The first kappa shape index (κ1) is 17.1. The Kier molecular flexibility index (Phi) is 5.80. The summed E-state index contributed by atoms with van der Waals surface area (Å²) >= 11 is 0. The molecule has 5 heteroatoms. The summed E-state index contributed by atoms with van der Waals surface area (Å²) in [6.07, 6.45) is 0. The lowest BCUT2D eigenvalue weighted by molar-refractivity contribution is 0.399. The van der Waals surface area contributed by atoms with Gasteiger partial charge in [-0.2, -0.15) is 0 Å². The molecule has 3 aromatic rings. The Labute approximate surface area is 140 Å². The molecule has 0 unspecified atom stereocenters. The maximum absolute atomic E-state index is 13.3. The summed E-state index contributed by atoms with van der Waals surface area (Å²) in [5, 5.41) is 0.516. The molecule has 0 aliphatic carbocycles. The highest BCUT2D eigenvalue weighted by molar-refractivity contribution is 7.63. The van der Waals surface area contributed by atoms with Crippen molar-refractivity contribution in [3.63, 3.8) is 0 Å². The summed E-state index contributed by atoms with van der Waals surface area (Å²) in [4.78, 5) is 0. The van der Waals surface area contributed by atoms with Gasteiger partial charge in [0.2, 0.25) is 0 Å². The van der Waals surface area contributed by atoms with Crippen molar-refractivity contribution in [1.82, 2.24) is 0 Å². The molecule has 0 amide bonds. The molecule has 0 spiro atoms. The van der Waals surface area contributed by atoms with Gasteiger partial charge in [-0.3, -0.25) is 0 Å². The second-order valence-electron chi connectivity index (χ2n) is 4.64. The van der Waals surface area contributed by atoms with Crippen molar-refractivity contribution in [2.24, 2.45) is 0 Å². The molecule has 23 heavy (non-hydrogen) atoms. The molecule has 3 nitrogen and oxygen atoms in total. The minimum atomic E-state index is -3.52. The molecule has 0 aliphatic rings. The van der Waals surface area contributed by atoms with Crippen molar-refractivity contribution in [3.8, 4) is 11.5 Å². The minimum absolute atomic E-state index is 0. The van der Waals surface area contributed by atoms with Crippen molar-refractivity contribution < 1.29 is 13.6 Å². The predicted octanol–water partition coefficient (Wildman–Crippen LogP) is 4.28. The first-order valence-corrected chi connectivity index (χ1v) is 8.45. The lowest BCUT2D eigenvalue weighted by Gasteiger charge is -2.20.